The summed E-state index contributed by atoms with van der Waals surface area (Å²) in [6, 6.07) is 3.98. The Morgan fingerprint density at radius 1 is 1.19 bits per heavy atom. The lowest BCUT2D eigenvalue weighted by Crippen LogP contribution is -2.41. The molecule has 0 aliphatic carbocycles. The zero-order chi connectivity index (χ0) is 19.0. The first-order valence-electron chi connectivity index (χ1n) is 9.68. The SMILES string of the molecule is CN(C)CCn1nc([C@@H]2CCN(S(=O)(=O)N3CCCC3)C2)c2cccnc21. The standard InChI is InChI=1S/C18H28N6O2S/c1-21(2)12-13-24-18-16(6-5-8-19-18)17(20-24)15-7-11-23(14-15)27(25,26)22-9-3-4-10-22/h5-6,8,15H,3-4,7,9-14H2,1-2H3/t15-/m1/s1. The molecule has 4 rings (SSSR count). The number of likely N-dealkylation sites (N-methyl/N-ethyl adjacent to an activating group) is 1. The highest BCUT2D eigenvalue weighted by atomic mass is 32.2. The maximum atomic E-state index is 12.9. The van der Waals surface area contributed by atoms with Crippen molar-refractivity contribution in [2.45, 2.75) is 31.7 Å². The molecule has 2 fully saturated rings. The van der Waals surface area contributed by atoms with Gasteiger partial charge in [-0.3, -0.25) is 0 Å². The summed E-state index contributed by atoms with van der Waals surface area (Å²) in [5.41, 5.74) is 1.87. The first-order chi connectivity index (χ1) is 13.0. The van der Waals surface area contributed by atoms with E-state index < -0.39 is 10.2 Å². The Morgan fingerprint density at radius 2 is 1.96 bits per heavy atom. The van der Waals surface area contributed by atoms with Gasteiger partial charge in [-0.25, -0.2) is 9.67 Å². The van der Waals surface area contributed by atoms with Crippen molar-refractivity contribution < 1.29 is 8.42 Å². The van der Waals surface area contributed by atoms with Gasteiger partial charge in [-0.15, -0.1) is 0 Å². The van der Waals surface area contributed by atoms with E-state index in [1.165, 1.54) is 0 Å². The van der Waals surface area contributed by atoms with E-state index in [2.05, 4.69) is 16.0 Å². The molecule has 0 spiro atoms. The molecule has 0 N–H and O–H groups in total. The van der Waals surface area contributed by atoms with Crippen LogP contribution in [0, 0.1) is 0 Å². The number of hydrogen-bond acceptors (Lipinski definition) is 5. The summed E-state index contributed by atoms with van der Waals surface area (Å²) >= 11 is 0. The van der Waals surface area contributed by atoms with Crippen molar-refractivity contribution in [3.8, 4) is 0 Å². The molecular weight excluding hydrogens is 364 g/mol. The summed E-state index contributed by atoms with van der Waals surface area (Å²) in [5.74, 6) is 0.120. The Hall–Kier alpha value is -1.55. The zero-order valence-corrected chi connectivity index (χ0v) is 16.9. The van der Waals surface area contributed by atoms with Crippen LogP contribution in [0.15, 0.2) is 18.3 Å². The van der Waals surface area contributed by atoms with Crippen LogP contribution in [-0.2, 0) is 16.8 Å². The minimum Gasteiger partial charge on any atom is -0.308 e. The highest BCUT2D eigenvalue weighted by molar-refractivity contribution is 7.86. The molecule has 0 saturated carbocycles. The molecule has 0 aromatic carbocycles. The minimum atomic E-state index is -3.34. The van der Waals surface area contributed by atoms with E-state index in [4.69, 9.17) is 5.10 Å². The lowest BCUT2D eigenvalue weighted by molar-refractivity contribution is 0.374. The van der Waals surface area contributed by atoms with Crippen LogP contribution < -0.4 is 0 Å². The minimum absolute atomic E-state index is 0.120. The number of fused-ring (bicyclic) bond motifs is 1. The monoisotopic (exact) mass is 392 g/mol. The summed E-state index contributed by atoms with van der Waals surface area (Å²) in [6.45, 7) is 4.02. The molecule has 2 aromatic rings. The van der Waals surface area contributed by atoms with Crippen molar-refractivity contribution >= 4 is 21.2 Å². The number of hydrogen-bond donors (Lipinski definition) is 0. The maximum absolute atomic E-state index is 12.9. The molecule has 2 aromatic heterocycles. The molecule has 1 atom stereocenters. The highest BCUT2D eigenvalue weighted by Crippen LogP contribution is 2.33. The molecule has 0 unspecified atom stereocenters. The van der Waals surface area contributed by atoms with Crippen molar-refractivity contribution in [2.24, 2.45) is 0 Å². The third-order valence-electron chi connectivity index (χ3n) is 5.55. The fraction of sp³-hybridized carbons (Fsp3) is 0.667. The lowest BCUT2D eigenvalue weighted by Gasteiger charge is -2.23. The molecule has 4 heterocycles. The average molecular weight is 393 g/mol. The molecule has 2 saturated heterocycles. The van der Waals surface area contributed by atoms with Gasteiger partial charge in [-0.1, -0.05) is 0 Å². The second-order valence-corrected chi connectivity index (χ2v) is 9.67. The smallest absolute Gasteiger partial charge is 0.281 e. The van der Waals surface area contributed by atoms with Crippen LogP contribution in [0.5, 0.6) is 0 Å². The molecule has 0 amide bonds. The first kappa shape index (κ1) is 18.8. The van der Waals surface area contributed by atoms with Crippen molar-refractivity contribution in [1.29, 1.82) is 0 Å². The van der Waals surface area contributed by atoms with Crippen molar-refractivity contribution in [1.82, 2.24) is 28.3 Å². The Morgan fingerprint density at radius 3 is 2.70 bits per heavy atom. The topological polar surface area (TPSA) is 74.6 Å². The van der Waals surface area contributed by atoms with Gasteiger partial charge >= 0.3 is 0 Å². The molecule has 9 heteroatoms. The second-order valence-electron chi connectivity index (χ2n) is 7.74. The van der Waals surface area contributed by atoms with Gasteiger partial charge < -0.3 is 4.90 Å². The predicted octanol–water partition coefficient (Wildman–Crippen LogP) is 1.12. The van der Waals surface area contributed by atoms with Crippen LogP contribution >= 0.6 is 0 Å². The lowest BCUT2D eigenvalue weighted by atomic mass is 10.0. The third-order valence-corrected chi connectivity index (χ3v) is 7.55. The van der Waals surface area contributed by atoms with Gasteiger partial charge in [-0.05, 0) is 45.5 Å². The van der Waals surface area contributed by atoms with E-state index in [1.807, 2.05) is 24.8 Å². The first-order valence-corrected chi connectivity index (χ1v) is 11.1. The molecule has 8 nitrogen and oxygen atoms in total. The van der Waals surface area contributed by atoms with Gasteiger partial charge in [0.05, 0.1) is 12.2 Å². The van der Waals surface area contributed by atoms with E-state index in [-0.39, 0.29) is 5.92 Å². The molecule has 2 aliphatic heterocycles. The molecule has 148 valence electrons. The maximum Gasteiger partial charge on any atom is 0.281 e. The van der Waals surface area contributed by atoms with Gasteiger partial charge in [0.25, 0.3) is 10.2 Å². The van der Waals surface area contributed by atoms with E-state index in [0.717, 1.165) is 49.1 Å². The van der Waals surface area contributed by atoms with E-state index in [9.17, 15) is 8.42 Å². The Balaban J connectivity index is 1.58. The van der Waals surface area contributed by atoms with Crippen LogP contribution in [0.1, 0.15) is 30.9 Å². The Labute approximate surface area is 160 Å². The third kappa shape index (κ3) is 3.61. The van der Waals surface area contributed by atoms with Crippen LogP contribution in [0.3, 0.4) is 0 Å². The van der Waals surface area contributed by atoms with Crippen molar-refractivity contribution in [3.05, 3.63) is 24.0 Å². The summed E-state index contributed by atoms with van der Waals surface area (Å²) < 4.78 is 31.0. The summed E-state index contributed by atoms with van der Waals surface area (Å²) in [6.07, 6.45) is 4.52. The predicted molar refractivity (Wildman–Crippen MR) is 105 cm³/mol. The van der Waals surface area contributed by atoms with Gasteiger partial charge in [0.2, 0.25) is 0 Å². The molecule has 0 radical (unpaired) electrons. The fourth-order valence-corrected chi connectivity index (χ4v) is 5.78. The molecule has 2 aliphatic rings. The van der Waals surface area contributed by atoms with Gasteiger partial charge in [0, 0.05) is 50.2 Å². The highest BCUT2D eigenvalue weighted by Gasteiger charge is 2.38. The van der Waals surface area contributed by atoms with Crippen LogP contribution in [-0.4, -0.2) is 83.5 Å². The largest absolute Gasteiger partial charge is 0.308 e. The average Bonchev–Trinajstić information content (AvgIpc) is 3.38. The number of nitrogens with zero attached hydrogens (tertiary/aromatic N) is 6. The van der Waals surface area contributed by atoms with Crippen molar-refractivity contribution in [2.75, 3.05) is 46.8 Å². The van der Waals surface area contributed by atoms with E-state index in [1.54, 1.807) is 14.8 Å². The summed E-state index contributed by atoms with van der Waals surface area (Å²) in [7, 11) is 0.742. The van der Waals surface area contributed by atoms with Crippen LogP contribution in [0.25, 0.3) is 11.0 Å². The summed E-state index contributed by atoms with van der Waals surface area (Å²) in [4.78, 5) is 6.64. The fourth-order valence-electron chi connectivity index (χ4n) is 4.03. The van der Waals surface area contributed by atoms with Crippen molar-refractivity contribution in [3.63, 3.8) is 0 Å². The normalized spacial score (nSPS) is 22.4. The van der Waals surface area contributed by atoms with E-state index >= 15 is 0 Å². The molecule has 27 heavy (non-hydrogen) atoms. The Kier molecular flexibility index (Phi) is 5.19. The summed E-state index contributed by atoms with van der Waals surface area (Å²) in [5, 5.41) is 5.89. The Bertz CT molecular complexity index is 904. The zero-order valence-electron chi connectivity index (χ0n) is 16.1. The van der Waals surface area contributed by atoms with Gasteiger partial charge in [0.1, 0.15) is 0 Å². The van der Waals surface area contributed by atoms with Crippen LogP contribution in [0.2, 0.25) is 0 Å². The van der Waals surface area contributed by atoms with Crippen LogP contribution in [0.4, 0.5) is 0 Å². The molecule has 0 bridgehead atoms. The molecular formula is C18H28N6O2S. The second kappa shape index (κ2) is 7.46. The number of rotatable bonds is 6. The van der Waals surface area contributed by atoms with Gasteiger partial charge in [0.15, 0.2) is 5.65 Å². The van der Waals surface area contributed by atoms with Gasteiger partial charge in [-0.2, -0.15) is 22.1 Å². The quantitative estimate of drug-likeness (QED) is 0.737. The number of pyridine rings is 1. The number of aromatic nitrogens is 3. The van der Waals surface area contributed by atoms with E-state index in [0.29, 0.717) is 26.2 Å².